The molecule has 1 saturated heterocycles. The molecule has 4 heteroatoms. The topological polar surface area (TPSA) is 34.2 Å². The number of benzene rings is 3. The largest absolute Gasteiger partial charge is 0.494 e. The van der Waals surface area contributed by atoms with Gasteiger partial charge in [-0.05, 0) is 75.0 Å². The van der Waals surface area contributed by atoms with Crippen molar-refractivity contribution in [2.24, 2.45) is 0 Å². The van der Waals surface area contributed by atoms with Crippen LogP contribution >= 0.6 is 0 Å². The summed E-state index contributed by atoms with van der Waals surface area (Å²) in [5, 5.41) is 2.34. The maximum Gasteiger partial charge on any atom is 0.494 e. The predicted molar refractivity (Wildman–Crippen MR) is 141 cm³/mol. The summed E-state index contributed by atoms with van der Waals surface area (Å²) in [5.74, 6) is 0. The van der Waals surface area contributed by atoms with Gasteiger partial charge in [0.15, 0.2) is 0 Å². The number of aromatic amines is 1. The van der Waals surface area contributed by atoms with Crippen molar-refractivity contribution in [1.29, 1.82) is 0 Å². The van der Waals surface area contributed by atoms with Gasteiger partial charge >= 0.3 is 7.12 Å². The fourth-order valence-electron chi connectivity index (χ4n) is 4.55. The van der Waals surface area contributed by atoms with E-state index in [4.69, 9.17) is 9.31 Å². The summed E-state index contributed by atoms with van der Waals surface area (Å²) in [6.07, 6.45) is 4.03. The molecule has 4 aromatic rings. The van der Waals surface area contributed by atoms with Gasteiger partial charge in [0.05, 0.1) is 16.7 Å². The number of hydrogen-bond acceptors (Lipinski definition) is 2. The molecule has 2 heterocycles. The van der Waals surface area contributed by atoms with Gasteiger partial charge in [-0.25, -0.2) is 0 Å². The van der Waals surface area contributed by atoms with Gasteiger partial charge in [0.2, 0.25) is 0 Å². The Balaban J connectivity index is 1.73. The quantitative estimate of drug-likeness (QED) is 0.280. The van der Waals surface area contributed by atoms with Gasteiger partial charge in [0.25, 0.3) is 0 Å². The third kappa shape index (κ3) is 3.54. The molecule has 5 rings (SSSR count). The number of nitrogens with one attached hydrogen (secondary N) is 1. The van der Waals surface area contributed by atoms with Crippen LogP contribution in [-0.4, -0.2) is 23.3 Å². The van der Waals surface area contributed by atoms with Crippen molar-refractivity contribution < 1.29 is 9.31 Å². The van der Waals surface area contributed by atoms with Crippen molar-refractivity contribution in [1.82, 2.24) is 4.98 Å². The maximum absolute atomic E-state index is 6.32. The van der Waals surface area contributed by atoms with Crippen LogP contribution in [0.5, 0.6) is 0 Å². The zero-order valence-corrected chi connectivity index (χ0v) is 20.0. The lowest BCUT2D eigenvalue weighted by atomic mass is 9.78. The van der Waals surface area contributed by atoms with Gasteiger partial charge in [-0.2, -0.15) is 0 Å². The van der Waals surface area contributed by atoms with E-state index in [-0.39, 0.29) is 18.3 Å². The Morgan fingerprint density at radius 2 is 1.58 bits per heavy atom. The van der Waals surface area contributed by atoms with Crippen molar-refractivity contribution in [2.75, 3.05) is 0 Å². The van der Waals surface area contributed by atoms with Crippen LogP contribution in [0.2, 0.25) is 0 Å². The molecule has 0 amide bonds. The van der Waals surface area contributed by atoms with Crippen LogP contribution in [0.1, 0.15) is 40.2 Å². The first-order valence-electron chi connectivity index (χ1n) is 11.5. The van der Waals surface area contributed by atoms with Gasteiger partial charge in [-0.3, -0.25) is 0 Å². The number of hydrogen-bond donors (Lipinski definition) is 1. The van der Waals surface area contributed by atoms with Crippen LogP contribution in [0.15, 0.2) is 79.4 Å². The first-order chi connectivity index (χ1) is 15.7. The van der Waals surface area contributed by atoms with Crippen LogP contribution in [-0.2, 0) is 9.31 Å². The lowest BCUT2D eigenvalue weighted by Gasteiger charge is -2.32. The van der Waals surface area contributed by atoms with E-state index in [1.54, 1.807) is 0 Å². The van der Waals surface area contributed by atoms with E-state index < -0.39 is 0 Å². The fourth-order valence-corrected chi connectivity index (χ4v) is 4.55. The Morgan fingerprint density at radius 3 is 2.21 bits per heavy atom. The highest BCUT2D eigenvalue weighted by atomic mass is 16.7. The van der Waals surface area contributed by atoms with Gasteiger partial charge < -0.3 is 14.3 Å². The summed E-state index contributed by atoms with van der Waals surface area (Å²) in [6.45, 7) is 14.4. The zero-order valence-electron chi connectivity index (χ0n) is 20.0. The van der Waals surface area contributed by atoms with Crippen LogP contribution in [0.3, 0.4) is 0 Å². The highest BCUT2D eigenvalue weighted by molar-refractivity contribution is 6.62. The lowest BCUT2D eigenvalue weighted by molar-refractivity contribution is 0.00578. The standard InChI is InChI=1S/C29H30BNO2/c1-7-19(8-2)23-16-21(20-12-10-9-11-13-20)17-25-24-18-22(14-15-26(24)31-27(23)25)30-32-28(3,4)29(5,6)33-30/h7-18,31H,1H2,2-6H3. The average molecular weight is 435 g/mol. The summed E-state index contributed by atoms with van der Waals surface area (Å²) in [6, 6.07) is 21.5. The van der Waals surface area contributed by atoms with Crippen LogP contribution in [0, 0.1) is 0 Å². The van der Waals surface area contributed by atoms with Crippen molar-refractivity contribution in [3.63, 3.8) is 0 Å². The monoisotopic (exact) mass is 435 g/mol. The maximum atomic E-state index is 6.32. The second kappa shape index (κ2) is 7.76. The summed E-state index contributed by atoms with van der Waals surface area (Å²) >= 11 is 0. The summed E-state index contributed by atoms with van der Waals surface area (Å²) < 4.78 is 12.6. The van der Waals surface area contributed by atoms with Crippen molar-refractivity contribution in [3.8, 4) is 11.1 Å². The number of rotatable bonds is 4. The van der Waals surface area contributed by atoms with E-state index in [1.807, 2.05) is 12.1 Å². The summed E-state index contributed by atoms with van der Waals surface area (Å²) in [7, 11) is -0.389. The van der Waals surface area contributed by atoms with E-state index in [2.05, 4.69) is 107 Å². The minimum Gasteiger partial charge on any atom is -0.399 e. The zero-order chi connectivity index (χ0) is 23.4. The first kappa shape index (κ1) is 21.8. The molecule has 0 spiro atoms. The van der Waals surface area contributed by atoms with Crippen LogP contribution in [0.25, 0.3) is 38.5 Å². The molecule has 3 aromatic carbocycles. The Labute approximate surface area is 196 Å². The van der Waals surface area contributed by atoms with Crippen molar-refractivity contribution in [2.45, 2.75) is 45.8 Å². The summed E-state index contributed by atoms with van der Waals surface area (Å²) in [5.41, 5.74) is 7.13. The SMILES string of the molecule is C=CC(=CC)c1cc(-c2ccccc2)cc2c1[nH]c1ccc(B3OC(C)(C)C(C)(C)O3)cc12. The molecule has 1 aliphatic rings. The van der Waals surface area contributed by atoms with Gasteiger partial charge in [-0.15, -0.1) is 0 Å². The third-order valence-corrected chi connectivity index (χ3v) is 7.21. The molecule has 1 aromatic heterocycles. The highest BCUT2D eigenvalue weighted by Crippen LogP contribution is 2.38. The highest BCUT2D eigenvalue weighted by Gasteiger charge is 2.51. The smallest absolute Gasteiger partial charge is 0.399 e. The molecular weight excluding hydrogens is 405 g/mol. The molecule has 3 nitrogen and oxygen atoms in total. The number of aromatic nitrogens is 1. The molecule has 0 aliphatic carbocycles. The second-order valence-electron chi connectivity index (χ2n) is 9.78. The minimum absolute atomic E-state index is 0.370. The van der Waals surface area contributed by atoms with E-state index in [1.165, 1.54) is 16.5 Å². The van der Waals surface area contributed by atoms with Crippen LogP contribution < -0.4 is 5.46 Å². The van der Waals surface area contributed by atoms with Gasteiger partial charge in [0, 0.05) is 21.9 Å². The molecule has 1 aliphatic heterocycles. The Kier molecular flexibility index (Phi) is 5.11. The van der Waals surface area contributed by atoms with Gasteiger partial charge in [-0.1, -0.05) is 61.2 Å². The van der Waals surface area contributed by atoms with Gasteiger partial charge in [0.1, 0.15) is 0 Å². The molecule has 0 atom stereocenters. The molecule has 1 fully saturated rings. The van der Waals surface area contributed by atoms with Crippen molar-refractivity contribution >= 4 is 40.0 Å². The molecule has 1 N–H and O–H groups in total. The molecule has 0 radical (unpaired) electrons. The predicted octanol–water partition coefficient (Wildman–Crippen LogP) is 6.88. The lowest BCUT2D eigenvalue weighted by Crippen LogP contribution is -2.41. The van der Waals surface area contributed by atoms with E-state index in [9.17, 15) is 0 Å². The minimum atomic E-state index is -0.389. The van der Waals surface area contributed by atoms with E-state index >= 15 is 0 Å². The number of fused-ring (bicyclic) bond motifs is 3. The first-order valence-corrected chi connectivity index (χ1v) is 11.5. The molecular formula is C29H30BNO2. The fraction of sp³-hybridized carbons (Fsp3) is 0.241. The average Bonchev–Trinajstić information content (AvgIpc) is 3.27. The summed E-state index contributed by atoms with van der Waals surface area (Å²) in [4.78, 5) is 3.65. The number of H-pyrrole nitrogens is 1. The molecule has 0 bridgehead atoms. The molecule has 0 saturated carbocycles. The normalized spacial score (nSPS) is 17.7. The van der Waals surface area contributed by atoms with E-state index in [0.29, 0.717) is 0 Å². The van der Waals surface area contributed by atoms with Crippen LogP contribution in [0.4, 0.5) is 0 Å². The Bertz CT molecular complexity index is 1380. The Hall–Kier alpha value is -3.08. The molecule has 33 heavy (non-hydrogen) atoms. The Morgan fingerprint density at radius 1 is 0.879 bits per heavy atom. The molecule has 166 valence electrons. The van der Waals surface area contributed by atoms with E-state index in [0.717, 1.165) is 33.0 Å². The van der Waals surface area contributed by atoms with Crippen molar-refractivity contribution in [3.05, 3.63) is 85.0 Å². The number of allylic oxidation sites excluding steroid dienone is 3. The third-order valence-electron chi connectivity index (χ3n) is 7.21. The second-order valence-corrected chi connectivity index (χ2v) is 9.78. The molecule has 0 unspecified atom stereocenters.